The highest BCUT2D eigenvalue weighted by Crippen LogP contribution is 2.41. The first-order valence-electron chi connectivity index (χ1n) is 7.31. The van der Waals surface area contributed by atoms with Gasteiger partial charge in [0.25, 0.3) is 0 Å². The fraction of sp³-hybridized carbons (Fsp3) is 1.00. The first-order chi connectivity index (χ1) is 7.57. The number of rotatable bonds is 1. The predicted molar refractivity (Wildman–Crippen MR) is 70.5 cm³/mol. The summed E-state index contributed by atoms with van der Waals surface area (Å²) >= 11 is 0. The molecule has 1 aliphatic carbocycles. The Balaban J connectivity index is 1.80. The molecule has 0 unspecified atom stereocenters. The zero-order chi connectivity index (χ0) is 11.6. The van der Waals surface area contributed by atoms with Gasteiger partial charge >= 0.3 is 0 Å². The summed E-state index contributed by atoms with van der Waals surface area (Å²) in [5.41, 5.74) is 0.533. The van der Waals surface area contributed by atoms with Crippen molar-refractivity contribution in [2.75, 3.05) is 6.54 Å². The molecule has 2 aliphatic rings. The van der Waals surface area contributed by atoms with Gasteiger partial charge in [0, 0.05) is 6.04 Å². The maximum atomic E-state index is 3.74. The summed E-state index contributed by atoms with van der Waals surface area (Å²) in [7, 11) is 0. The standard InChI is InChI=1S/C15H29N/c1-15(2,3)13-9-7-12(8-10-13)14-6-4-5-11-16-14/h12-14,16H,4-11H2,1-3H3/t12?,13?,14-/m0/s1. The predicted octanol–water partition coefficient (Wildman–Crippen LogP) is 3.98. The van der Waals surface area contributed by atoms with Gasteiger partial charge in [-0.2, -0.15) is 0 Å². The minimum absolute atomic E-state index is 0.533. The summed E-state index contributed by atoms with van der Waals surface area (Å²) in [6, 6.07) is 0.856. The van der Waals surface area contributed by atoms with Gasteiger partial charge in [-0.05, 0) is 62.3 Å². The number of nitrogens with one attached hydrogen (secondary N) is 1. The molecule has 94 valence electrons. The molecule has 16 heavy (non-hydrogen) atoms. The molecule has 2 rings (SSSR count). The number of hydrogen-bond donors (Lipinski definition) is 1. The van der Waals surface area contributed by atoms with Crippen molar-refractivity contribution < 1.29 is 0 Å². The summed E-state index contributed by atoms with van der Waals surface area (Å²) in [4.78, 5) is 0. The molecule has 0 aromatic carbocycles. The lowest BCUT2D eigenvalue weighted by Gasteiger charge is -2.40. The first-order valence-corrected chi connectivity index (χ1v) is 7.31. The van der Waals surface area contributed by atoms with Gasteiger partial charge in [-0.1, -0.05) is 27.2 Å². The molecule has 0 amide bonds. The first kappa shape index (κ1) is 12.4. The molecule has 1 saturated carbocycles. The van der Waals surface area contributed by atoms with Gasteiger partial charge in [0.1, 0.15) is 0 Å². The highest BCUT2D eigenvalue weighted by molar-refractivity contribution is 4.87. The maximum Gasteiger partial charge on any atom is 0.00953 e. The van der Waals surface area contributed by atoms with Crippen molar-refractivity contribution in [1.29, 1.82) is 0 Å². The van der Waals surface area contributed by atoms with Crippen molar-refractivity contribution in [2.45, 2.75) is 71.8 Å². The van der Waals surface area contributed by atoms with Crippen LogP contribution in [0.25, 0.3) is 0 Å². The lowest BCUT2D eigenvalue weighted by molar-refractivity contribution is 0.125. The van der Waals surface area contributed by atoms with Crippen molar-refractivity contribution >= 4 is 0 Å². The maximum absolute atomic E-state index is 3.74. The van der Waals surface area contributed by atoms with Gasteiger partial charge in [0.15, 0.2) is 0 Å². The van der Waals surface area contributed by atoms with Gasteiger partial charge in [0.2, 0.25) is 0 Å². The molecule has 1 heterocycles. The third-order valence-electron chi connectivity index (χ3n) is 4.91. The van der Waals surface area contributed by atoms with Crippen LogP contribution < -0.4 is 5.32 Å². The zero-order valence-corrected chi connectivity index (χ0v) is 11.4. The lowest BCUT2D eigenvalue weighted by atomic mass is 9.68. The van der Waals surface area contributed by atoms with Crippen molar-refractivity contribution in [3.05, 3.63) is 0 Å². The Labute approximate surface area is 101 Å². The van der Waals surface area contributed by atoms with Gasteiger partial charge < -0.3 is 5.32 Å². The molecule has 0 spiro atoms. The highest BCUT2D eigenvalue weighted by Gasteiger charge is 2.32. The van der Waals surface area contributed by atoms with Gasteiger partial charge in [0.05, 0.1) is 0 Å². The monoisotopic (exact) mass is 223 g/mol. The molecule has 1 N–H and O–H groups in total. The minimum Gasteiger partial charge on any atom is -0.314 e. The van der Waals surface area contributed by atoms with E-state index in [4.69, 9.17) is 0 Å². The Hall–Kier alpha value is -0.0400. The molecular formula is C15H29N. The SMILES string of the molecule is CC(C)(C)C1CCC([C@@H]2CCCCN2)CC1. The smallest absolute Gasteiger partial charge is 0.00953 e. The van der Waals surface area contributed by atoms with Crippen molar-refractivity contribution in [3.63, 3.8) is 0 Å². The third-order valence-corrected chi connectivity index (χ3v) is 4.91. The molecule has 0 bridgehead atoms. The van der Waals surface area contributed by atoms with E-state index < -0.39 is 0 Å². The average Bonchev–Trinajstić information content (AvgIpc) is 2.29. The summed E-state index contributed by atoms with van der Waals surface area (Å²) in [5, 5.41) is 3.74. The molecule has 1 saturated heterocycles. The molecule has 0 radical (unpaired) electrons. The minimum atomic E-state index is 0.533. The lowest BCUT2D eigenvalue weighted by Crippen LogP contribution is -2.42. The Bertz CT molecular complexity index is 202. The topological polar surface area (TPSA) is 12.0 Å². The van der Waals surface area contributed by atoms with E-state index in [1.165, 1.54) is 51.5 Å². The van der Waals surface area contributed by atoms with E-state index in [1.807, 2.05) is 0 Å². The molecule has 0 aromatic heterocycles. The van der Waals surface area contributed by atoms with Crippen molar-refractivity contribution in [1.82, 2.24) is 5.32 Å². The fourth-order valence-electron chi connectivity index (χ4n) is 3.67. The molecule has 1 aliphatic heterocycles. The third kappa shape index (κ3) is 3.00. The van der Waals surface area contributed by atoms with E-state index in [2.05, 4.69) is 26.1 Å². The number of hydrogen-bond acceptors (Lipinski definition) is 1. The second-order valence-electron chi connectivity index (χ2n) is 7.03. The van der Waals surface area contributed by atoms with E-state index >= 15 is 0 Å². The van der Waals surface area contributed by atoms with E-state index in [-0.39, 0.29) is 0 Å². The van der Waals surface area contributed by atoms with Gasteiger partial charge in [-0.15, -0.1) is 0 Å². The van der Waals surface area contributed by atoms with E-state index in [1.54, 1.807) is 0 Å². The Morgan fingerprint density at radius 3 is 2.06 bits per heavy atom. The van der Waals surface area contributed by atoms with E-state index in [9.17, 15) is 0 Å². The summed E-state index contributed by atoms with van der Waals surface area (Å²) in [6.07, 6.45) is 10.2. The van der Waals surface area contributed by atoms with Crippen LogP contribution in [0.4, 0.5) is 0 Å². The van der Waals surface area contributed by atoms with Crippen LogP contribution in [0.2, 0.25) is 0 Å². The normalized spacial score (nSPS) is 37.3. The van der Waals surface area contributed by atoms with Gasteiger partial charge in [-0.25, -0.2) is 0 Å². The molecule has 0 aromatic rings. The number of piperidine rings is 1. The molecular weight excluding hydrogens is 194 g/mol. The van der Waals surface area contributed by atoms with Crippen LogP contribution in [0.5, 0.6) is 0 Å². The Morgan fingerprint density at radius 2 is 1.56 bits per heavy atom. The molecule has 1 nitrogen and oxygen atoms in total. The van der Waals surface area contributed by atoms with Crippen LogP contribution in [0.3, 0.4) is 0 Å². The Kier molecular flexibility index (Phi) is 3.94. The van der Waals surface area contributed by atoms with Crippen LogP contribution in [-0.2, 0) is 0 Å². The van der Waals surface area contributed by atoms with E-state index in [0.29, 0.717) is 5.41 Å². The zero-order valence-electron chi connectivity index (χ0n) is 11.4. The molecule has 1 atom stereocenters. The van der Waals surface area contributed by atoms with Crippen LogP contribution in [0.15, 0.2) is 0 Å². The quantitative estimate of drug-likeness (QED) is 0.709. The fourth-order valence-corrected chi connectivity index (χ4v) is 3.67. The van der Waals surface area contributed by atoms with Crippen molar-refractivity contribution in [2.24, 2.45) is 17.3 Å². The summed E-state index contributed by atoms with van der Waals surface area (Å²) in [5.74, 6) is 1.95. The van der Waals surface area contributed by atoms with Crippen LogP contribution >= 0.6 is 0 Å². The largest absolute Gasteiger partial charge is 0.314 e. The summed E-state index contributed by atoms with van der Waals surface area (Å²) in [6.45, 7) is 8.51. The highest BCUT2D eigenvalue weighted by atomic mass is 14.9. The average molecular weight is 223 g/mol. The van der Waals surface area contributed by atoms with Gasteiger partial charge in [-0.3, -0.25) is 0 Å². The van der Waals surface area contributed by atoms with Crippen LogP contribution in [-0.4, -0.2) is 12.6 Å². The molecule has 2 fully saturated rings. The second kappa shape index (κ2) is 5.08. The van der Waals surface area contributed by atoms with Crippen LogP contribution in [0.1, 0.15) is 65.7 Å². The van der Waals surface area contributed by atoms with E-state index in [0.717, 1.165) is 17.9 Å². The Morgan fingerprint density at radius 1 is 0.875 bits per heavy atom. The summed E-state index contributed by atoms with van der Waals surface area (Å²) < 4.78 is 0. The molecule has 1 heteroatoms. The van der Waals surface area contributed by atoms with Crippen LogP contribution in [0, 0.1) is 17.3 Å². The van der Waals surface area contributed by atoms with Crippen molar-refractivity contribution in [3.8, 4) is 0 Å². The second-order valence-corrected chi connectivity index (χ2v) is 7.03.